The minimum Gasteiger partial charge on any atom is -0.455 e. The van der Waals surface area contributed by atoms with Crippen LogP contribution in [0.15, 0.2) is 63.9 Å². The monoisotopic (exact) mass is 387 g/mol. The number of hydrogen-bond donors (Lipinski definition) is 1. The highest BCUT2D eigenvalue weighted by molar-refractivity contribution is 7.84. The van der Waals surface area contributed by atoms with E-state index < -0.39 is 10.8 Å². The van der Waals surface area contributed by atoms with Gasteiger partial charge in [-0.25, -0.2) is 0 Å². The molecule has 0 fully saturated rings. The van der Waals surface area contributed by atoms with Gasteiger partial charge in [-0.15, -0.1) is 0 Å². The van der Waals surface area contributed by atoms with Gasteiger partial charge in [-0.3, -0.25) is 9.00 Å². The van der Waals surface area contributed by atoms with Crippen LogP contribution < -0.4 is 5.32 Å². The first-order chi connectivity index (χ1) is 12.4. The van der Waals surface area contributed by atoms with Gasteiger partial charge >= 0.3 is 0 Å². The summed E-state index contributed by atoms with van der Waals surface area (Å²) >= 11 is 5.84. The number of carbonyl (C=O) groups is 1. The van der Waals surface area contributed by atoms with Crippen molar-refractivity contribution >= 4 is 34.0 Å². The largest absolute Gasteiger partial charge is 0.455 e. The van der Waals surface area contributed by atoms with Gasteiger partial charge in [0.05, 0.1) is 16.6 Å². The van der Waals surface area contributed by atoms with Crippen LogP contribution in [0.3, 0.4) is 0 Å². The smallest absolute Gasteiger partial charge is 0.291 e. The molecule has 0 aliphatic carbocycles. The molecule has 4 nitrogen and oxygen atoms in total. The second kappa shape index (κ2) is 7.89. The third kappa shape index (κ3) is 4.42. The molecule has 1 N–H and O–H groups in total. The number of amides is 1. The van der Waals surface area contributed by atoms with Crippen LogP contribution in [0.2, 0.25) is 5.02 Å². The van der Waals surface area contributed by atoms with Crippen molar-refractivity contribution < 1.29 is 13.4 Å². The van der Waals surface area contributed by atoms with Gasteiger partial charge in [-0.1, -0.05) is 17.7 Å². The molecule has 0 aliphatic rings. The van der Waals surface area contributed by atoms with Gasteiger partial charge in [-0.05, 0) is 73.5 Å². The van der Waals surface area contributed by atoms with E-state index in [-0.39, 0.29) is 17.4 Å². The van der Waals surface area contributed by atoms with E-state index in [0.717, 1.165) is 11.1 Å². The molecule has 0 spiro atoms. The van der Waals surface area contributed by atoms with Crippen molar-refractivity contribution in [2.24, 2.45) is 0 Å². The molecule has 0 bridgehead atoms. The lowest BCUT2D eigenvalue weighted by Gasteiger charge is -2.06. The van der Waals surface area contributed by atoms with Crippen LogP contribution in [0.5, 0.6) is 0 Å². The lowest BCUT2D eigenvalue weighted by atomic mass is 10.1. The fourth-order valence-electron chi connectivity index (χ4n) is 2.39. The van der Waals surface area contributed by atoms with E-state index in [1.807, 2.05) is 32.0 Å². The second-order valence-electron chi connectivity index (χ2n) is 5.96. The molecule has 0 saturated carbocycles. The maximum atomic E-state index is 12.4. The summed E-state index contributed by atoms with van der Waals surface area (Å²) in [5.41, 5.74) is 2.97. The normalized spacial score (nSPS) is 12.0. The first-order valence-electron chi connectivity index (χ1n) is 8.03. The number of carbonyl (C=O) groups excluding carboxylic acids is 1. The fourth-order valence-corrected chi connectivity index (χ4v) is 3.53. The van der Waals surface area contributed by atoms with Gasteiger partial charge in [0.25, 0.3) is 5.91 Å². The van der Waals surface area contributed by atoms with Crippen LogP contribution in [0.25, 0.3) is 0 Å². The molecule has 6 heteroatoms. The molecule has 1 amide bonds. The molecule has 1 unspecified atom stereocenters. The lowest BCUT2D eigenvalue weighted by molar-refractivity contribution is 0.0995. The van der Waals surface area contributed by atoms with E-state index >= 15 is 0 Å². The molecule has 26 heavy (non-hydrogen) atoms. The van der Waals surface area contributed by atoms with Gasteiger partial charge in [0.2, 0.25) is 0 Å². The third-order valence-electron chi connectivity index (χ3n) is 4.00. The Bertz CT molecular complexity index is 963. The summed E-state index contributed by atoms with van der Waals surface area (Å²) in [5, 5.41) is 3.40. The Labute approximate surface area is 159 Å². The minimum atomic E-state index is -1.27. The van der Waals surface area contributed by atoms with E-state index in [2.05, 4.69) is 5.32 Å². The number of anilines is 1. The second-order valence-corrected chi connectivity index (χ2v) is 7.85. The Morgan fingerprint density at radius 1 is 1.04 bits per heavy atom. The molecule has 1 atom stereocenters. The van der Waals surface area contributed by atoms with E-state index in [0.29, 0.717) is 21.4 Å². The maximum absolute atomic E-state index is 12.4. The molecular formula is C20H18ClNO3S. The molecule has 1 heterocycles. The number of rotatable bonds is 5. The number of hydrogen-bond acceptors (Lipinski definition) is 3. The fraction of sp³-hybridized carbons (Fsp3) is 0.150. The highest BCUT2D eigenvalue weighted by atomic mass is 35.5. The van der Waals surface area contributed by atoms with E-state index in [1.54, 1.807) is 36.4 Å². The Balaban J connectivity index is 1.66. The van der Waals surface area contributed by atoms with Gasteiger partial charge in [0.1, 0.15) is 5.76 Å². The number of furan rings is 1. The molecule has 0 radical (unpaired) electrons. The third-order valence-corrected chi connectivity index (χ3v) is 5.60. The predicted octanol–water partition coefficient (Wildman–Crippen LogP) is 5.11. The van der Waals surface area contributed by atoms with Crippen LogP contribution >= 0.6 is 11.6 Å². The number of nitrogens with one attached hydrogen (secondary N) is 1. The molecule has 0 aliphatic heterocycles. The number of halogens is 1. The topological polar surface area (TPSA) is 59.3 Å². The summed E-state index contributed by atoms with van der Waals surface area (Å²) in [7, 11) is -1.27. The highest BCUT2D eigenvalue weighted by Gasteiger charge is 2.14. The first kappa shape index (κ1) is 18.4. The zero-order chi connectivity index (χ0) is 18.7. The van der Waals surface area contributed by atoms with E-state index in [4.69, 9.17) is 16.0 Å². The van der Waals surface area contributed by atoms with E-state index in [1.165, 1.54) is 0 Å². The van der Waals surface area contributed by atoms with Crippen molar-refractivity contribution in [1.82, 2.24) is 0 Å². The quantitative estimate of drug-likeness (QED) is 0.661. The van der Waals surface area contributed by atoms with Gasteiger partial charge in [0, 0.05) is 15.6 Å². The van der Waals surface area contributed by atoms with Crippen LogP contribution in [-0.4, -0.2) is 10.1 Å². The summed E-state index contributed by atoms with van der Waals surface area (Å²) in [6, 6.07) is 15.8. The standard InChI is InChI=1S/C20H18ClNO3S/c1-13-3-6-16(11-14(13)2)22-20(23)19-10-7-17(25-19)12-26(24)18-8-4-15(21)5-9-18/h3-11H,12H2,1-2H3,(H,22,23). The minimum absolute atomic E-state index is 0.186. The Kier molecular flexibility index (Phi) is 5.59. The average molecular weight is 388 g/mol. The maximum Gasteiger partial charge on any atom is 0.291 e. The van der Waals surface area contributed by atoms with Crippen molar-refractivity contribution in [3.63, 3.8) is 0 Å². The Hall–Kier alpha value is -2.37. The van der Waals surface area contributed by atoms with Crippen molar-refractivity contribution in [3.8, 4) is 0 Å². The van der Waals surface area contributed by atoms with Crippen LogP contribution in [-0.2, 0) is 16.6 Å². The summed E-state index contributed by atoms with van der Waals surface area (Å²) in [6.45, 7) is 4.00. The zero-order valence-corrected chi connectivity index (χ0v) is 16.0. The average Bonchev–Trinajstić information content (AvgIpc) is 3.07. The van der Waals surface area contributed by atoms with E-state index in [9.17, 15) is 9.00 Å². The number of benzene rings is 2. The SMILES string of the molecule is Cc1ccc(NC(=O)c2ccc(CS(=O)c3ccc(Cl)cc3)o2)cc1C. The summed E-state index contributed by atoms with van der Waals surface area (Å²) in [4.78, 5) is 13.0. The summed E-state index contributed by atoms with van der Waals surface area (Å²) in [6.07, 6.45) is 0. The Morgan fingerprint density at radius 2 is 1.77 bits per heavy atom. The summed E-state index contributed by atoms with van der Waals surface area (Å²) < 4.78 is 17.9. The highest BCUT2D eigenvalue weighted by Crippen LogP contribution is 2.19. The first-order valence-corrected chi connectivity index (χ1v) is 9.73. The van der Waals surface area contributed by atoms with Gasteiger partial charge in [0.15, 0.2) is 5.76 Å². The van der Waals surface area contributed by atoms with Crippen molar-refractivity contribution in [3.05, 3.63) is 82.3 Å². The molecule has 0 saturated heterocycles. The van der Waals surface area contributed by atoms with Gasteiger partial charge in [-0.2, -0.15) is 0 Å². The molecular weight excluding hydrogens is 370 g/mol. The molecule has 1 aromatic heterocycles. The zero-order valence-electron chi connectivity index (χ0n) is 14.4. The Morgan fingerprint density at radius 3 is 2.46 bits per heavy atom. The van der Waals surface area contributed by atoms with Crippen molar-refractivity contribution in [1.29, 1.82) is 0 Å². The molecule has 3 rings (SSSR count). The molecule has 2 aromatic carbocycles. The summed E-state index contributed by atoms with van der Waals surface area (Å²) in [5.74, 6) is 0.532. The molecule has 134 valence electrons. The number of aryl methyl sites for hydroxylation is 2. The van der Waals surface area contributed by atoms with Crippen LogP contribution in [0, 0.1) is 13.8 Å². The predicted molar refractivity (Wildman–Crippen MR) is 104 cm³/mol. The molecule has 3 aromatic rings. The lowest BCUT2D eigenvalue weighted by Crippen LogP contribution is -2.11. The van der Waals surface area contributed by atoms with Gasteiger partial charge < -0.3 is 9.73 Å². The van der Waals surface area contributed by atoms with Crippen molar-refractivity contribution in [2.75, 3.05) is 5.32 Å². The van der Waals surface area contributed by atoms with Crippen LogP contribution in [0.4, 0.5) is 5.69 Å². The van der Waals surface area contributed by atoms with Crippen LogP contribution in [0.1, 0.15) is 27.4 Å². The van der Waals surface area contributed by atoms with Crippen molar-refractivity contribution in [2.45, 2.75) is 24.5 Å².